The predicted octanol–water partition coefficient (Wildman–Crippen LogP) is 4.25. The minimum absolute atomic E-state index is 0.118. The molecule has 2 aliphatic rings. The van der Waals surface area contributed by atoms with Gasteiger partial charge in [0.05, 0.1) is 23.4 Å². The first-order chi connectivity index (χ1) is 18.0. The van der Waals surface area contributed by atoms with Gasteiger partial charge in [-0.3, -0.25) is 14.2 Å². The summed E-state index contributed by atoms with van der Waals surface area (Å²) >= 11 is 1.35. The van der Waals surface area contributed by atoms with Crippen LogP contribution in [0.4, 0.5) is 0 Å². The number of hydrogen-bond donors (Lipinski definition) is 0. The van der Waals surface area contributed by atoms with E-state index in [0.29, 0.717) is 20.6 Å². The molecule has 184 valence electrons. The SMILES string of the molecule is COc1ccc([C@@H]2C3=C(N=c4s/c(=C/c5ccccc5OC(C)=O)c(=O)n42)c2ccccc2CC3)cc1. The van der Waals surface area contributed by atoms with E-state index >= 15 is 0 Å². The van der Waals surface area contributed by atoms with Crippen LogP contribution < -0.4 is 24.4 Å². The van der Waals surface area contributed by atoms with Crippen molar-refractivity contribution in [2.45, 2.75) is 25.8 Å². The van der Waals surface area contributed by atoms with Crippen LogP contribution >= 0.6 is 11.3 Å². The molecule has 1 aromatic heterocycles. The van der Waals surface area contributed by atoms with Crippen LogP contribution in [0.3, 0.4) is 0 Å². The van der Waals surface area contributed by atoms with Gasteiger partial charge in [-0.2, -0.15) is 0 Å². The normalized spacial score (nSPS) is 16.4. The Hall–Kier alpha value is -4.23. The Bertz CT molecular complexity index is 1750. The van der Waals surface area contributed by atoms with Gasteiger partial charge in [-0.25, -0.2) is 4.99 Å². The summed E-state index contributed by atoms with van der Waals surface area (Å²) in [6.45, 7) is 1.36. The van der Waals surface area contributed by atoms with Gasteiger partial charge in [-0.05, 0) is 53.8 Å². The van der Waals surface area contributed by atoms with Gasteiger partial charge in [0, 0.05) is 18.1 Å². The molecule has 0 spiro atoms. The van der Waals surface area contributed by atoms with Crippen molar-refractivity contribution in [3.63, 3.8) is 0 Å². The number of aromatic nitrogens is 1. The van der Waals surface area contributed by atoms with Gasteiger partial charge in [0.25, 0.3) is 5.56 Å². The molecule has 1 atom stereocenters. The van der Waals surface area contributed by atoms with E-state index in [1.54, 1.807) is 29.9 Å². The van der Waals surface area contributed by atoms with Gasteiger partial charge in [0.2, 0.25) is 0 Å². The third-order valence-corrected chi connectivity index (χ3v) is 7.75. The molecule has 0 N–H and O–H groups in total. The maximum Gasteiger partial charge on any atom is 0.308 e. The first-order valence-electron chi connectivity index (χ1n) is 12.1. The van der Waals surface area contributed by atoms with E-state index in [1.807, 2.05) is 42.5 Å². The number of para-hydroxylation sites is 1. The van der Waals surface area contributed by atoms with Crippen LogP contribution in [-0.4, -0.2) is 17.6 Å². The fourth-order valence-electron chi connectivity index (χ4n) is 5.10. The molecule has 1 aliphatic heterocycles. The lowest BCUT2D eigenvalue weighted by molar-refractivity contribution is -0.131. The Kier molecular flexibility index (Phi) is 5.85. The van der Waals surface area contributed by atoms with Gasteiger partial charge in [-0.15, -0.1) is 0 Å². The third-order valence-electron chi connectivity index (χ3n) is 6.76. The largest absolute Gasteiger partial charge is 0.497 e. The maximum absolute atomic E-state index is 13.9. The number of methoxy groups -OCH3 is 1. The minimum atomic E-state index is -0.409. The first kappa shape index (κ1) is 23.2. The van der Waals surface area contributed by atoms with Crippen molar-refractivity contribution >= 4 is 29.1 Å². The van der Waals surface area contributed by atoms with Gasteiger partial charge < -0.3 is 9.47 Å². The summed E-state index contributed by atoms with van der Waals surface area (Å²) < 4.78 is 13.1. The minimum Gasteiger partial charge on any atom is -0.497 e. The molecule has 37 heavy (non-hydrogen) atoms. The van der Waals surface area contributed by atoms with Crippen LogP contribution in [0, 0.1) is 0 Å². The van der Waals surface area contributed by atoms with Crippen LogP contribution in [-0.2, 0) is 11.2 Å². The fraction of sp³-hybridized carbons (Fsp3) is 0.167. The molecule has 0 saturated carbocycles. The van der Waals surface area contributed by atoms with Crippen molar-refractivity contribution in [1.82, 2.24) is 4.57 Å². The lowest BCUT2D eigenvalue weighted by Gasteiger charge is -2.30. The molecule has 1 aliphatic carbocycles. The summed E-state index contributed by atoms with van der Waals surface area (Å²) in [6, 6.07) is 23.2. The van der Waals surface area contributed by atoms with Crippen LogP contribution in [0.15, 0.2) is 88.2 Å². The molecule has 0 amide bonds. The molecular weight excluding hydrogens is 484 g/mol. The summed E-state index contributed by atoms with van der Waals surface area (Å²) in [6.07, 6.45) is 3.51. The highest BCUT2D eigenvalue weighted by Crippen LogP contribution is 2.41. The Balaban J connectivity index is 1.59. The Morgan fingerprint density at radius 1 is 1.03 bits per heavy atom. The molecule has 6 nitrogen and oxygen atoms in total. The van der Waals surface area contributed by atoms with E-state index < -0.39 is 5.97 Å². The number of aryl methyl sites for hydroxylation is 1. The Morgan fingerprint density at radius 3 is 2.57 bits per heavy atom. The molecule has 2 heterocycles. The van der Waals surface area contributed by atoms with E-state index in [1.165, 1.54) is 23.8 Å². The van der Waals surface area contributed by atoms with Crippen LogP contribution in [0.1, 0.15) is 41.6 Å². The number of thiazole rings is 1. The van der Waals surface area contributed by atoms with Crippen LogP contribution in [0.25, 0.3) is 11.8 Å². The van der Waals surface area contributed by atoms with Crippen LogP contribution in [0.2, 0.25) is 0 Å². The molecule has 6 rings (SSSR count). The summed E-state index contributed by atoms with van der Waals surface area (Å²) in [4.78, 5) is 31.2. The number of carbonyl (C=O) groups excluding carboxylic acids is 1. The van der Waals surface area contributed by atoms with Crippen LogP contribution in [0.5, 0.6) is 11.5 Å². The van der Waals surface area contributed by atoms with Crippen molar-refractivity contribution < 1.29 is 14.3 Å². The predicted molar refractivity (Wildman–Crippen MR) is 143 cm³/mol. The number of carbonyl (C=O) groups is 1. The number of hydrogen-bond acceptors (Lipinski definition) is 6. The molecule has 0 saturated heterocycles. The molecule has 0 fully saturated rings. The number of fused-ring (bicyclic) bond motifs is 3. The molecule has 0 bridgehead atoms. The smallest absolute Gasteiger partial charge is 0.308 e. The average Bonchev–Trinajstić information content (AvgIpc) is 3.22. The summed E-state index contributed by atoms with van der Waals surface area (Å²) in [5.74, 6) is 0.773. The van der Waals surface area contributed by atoms with E-state index in [0.717, 1.165) is 41.0 Å². The van der Waals surface area contributed by atoms with Crippen molar-refractivity contribution in [3.05, 3.63) is 120 Å². The monoisotopic (exact) mass is 508 g/mol. The first-order valence-corrected chi connectivity index (χ1v) is 12.9. The van der Waals surface area contributed by atoms with Crippen molar-refractivity contribution in [3.8, 4) is 11.5 Å². The molecule has 3 aromatic carbocycles. The summed E-state index contributed by atoms with van der Waals surface area (Å²) in [7, 11) is 1.64. The van der Waals surface area contributed by atoms with Gasteiger partial charge in [0.1, 0.15) is 11.5 Å². The zero-order chi connectivity index (χ0) is 25.5. The van der Waals surface area contributed by atoms with E-state index in [9.17, 15) is 9.59 Å². The van der Waals surface area contributed by atoms with Gasteiger partial charge in [-0.1, -0.05) is 65.9 Å². The lowest BCUT2D eigenvalue weighted by atomic mass is 9.83. The average molecular weight is 509 g/mol. The number of esters is 1. The number of allylic oxidation sites excluding steroid dienone is 1. The summed E-state index contributed by atoms with van der Waals surface area (Å²) in [5.41, 5.74) is 6.05. The van der Waals surface area contributed by atoms with Crippen molar-refractivity contribution in [2.24, 2.45) is 4.99 Å². The highest BCUT2D eigenvalue weighted by Gasteiger charge is 2.32. The molecule has 0 radical (unpaired) electrons. The number of benzene rings is 3. The number of rotatable bonds is 4. The second-order valence-corrected chi connectivity index (χ2v) is 10.0. The third kappa shape index (κ3) is 4.11. The fourth-order valence-corrected chi connectivity index (χ4v) is 6.09. The van der Waals surface area contributed by atoms with E-state index in [-0.39, 0.29) is 11.6 Å². The maximum atomic E-state index is 13.9. The number of ether oxygens (including phenoxy) is 2. The highest BCUT2D eigenvalue weighted by molar-refractivity contribution is 7.07. The summed E-state index contributed by atoms with van der Waals surface area (Å²) in [5, 5.41) is 0. The lowest BCUT2D eigenvalue weighted by Crippen LogP contribution is -2.38. The van der Waals surface area contributed by atoms with Gasteiger partial charge in [0.15, 0.2) is 4.80 Å². The molecule has 4 aromatic rings. The quantitative estimate of drug-likeness (QED) is 0.305. The zero-order valence-corrected chi connectivity index (χ0v) is 21.2. The van der Waals surface area contributed by atoms with E-state index in [4.69, 9.17) is 14.5 Å². The molecule has 0 unspecified atom stereocenters. The van der Waals surface area contributed by atoms with Gasteiger partial charge >= 0.3 is 5.97 Å². The molecule has 7 heteroatoms. The Labute approximate surface area is 217 Å². The van der Waals surface area contributed by atoms with Crippen molar-refractivity contribution in [2.75, 3.05) is 7.11 Å². The zero-order valence-electron chi connectivity index (χ0n) is 20.4. The second-order valence-electron chi connectivity index (χ2n) is 9.02. The highest BCUT2D eigenvalue weighted by atomic mass is 32.1. The molecular formula is C30H24N2O4S. The second kappa shape index (κ2) is 9.33. The standard InChI is InChI=1S/C30H24N2O4S/c1-18(33)36-25-10-6-4-8-21(25)17-26-29(34)32-28(20-11-14-22(35-2)15-12-20)24-16-13-19-7-3-5-9-23(19)27(24)31-30(32)37-26/h3-12,14-15,17,28H,13,16H2,1-2H3/b26-17+/t28-/m1/s1. The Morgan fingerprint density at radius 2 is 1.78 bits per heavy atom. The number of nitrogens with zero attached hydrogens (tertiary/aromatic N) is 2. The van der Waals surface area contributed by atoms with E-state index in [2.05, 4.69) is 18.2 Å². The van der Waals surface area contributed by atoms with Crippen molar-refractivity contribution in [1.29, 1.82) is 0 Å². The topological polar surface area (TPSA) is 69.9 Å².